The molecule has 1 aromatic rings. The summed E-state index contributed by atoms with van der Waals surface area (Å²) in [5, 5.41) is 12.3. The number of ether oxygens (including phenoxy) is 1. The molecule has 0 aliphatic heterocycles. The first-order valence-corrected chi connectivity index (χ1v) is 5.65. The molecule has 0 bridgehead atoms. The van der Waals surface area contributed by atoms with Gasteiger partial charge in [0.2, 0.25) is 5.91 Å². The van der Waals surface area contributed by atoms with Gasteiger partial charge in [-0.2, -0.15) is 0 Å². The number of hydrogen-bond acceptors (Lipinski definition) is 3. The van der Waals surface area contributed by atoms with Crippen LogP contribution in [0.1, 0.15) is 20.3 Å². The Balaban J connectivity index is 2.62. The standard InChI is InChI=1S/C13H19NO3/c1-9(2)11(15)8-13(16)14-10-6-4-5-7-12(10)17-3/h4-7,9,11,15H,8H2,1-3H3,(H,14,16). The highest BCUT2D eigenvalue weighted by molar-refractivity contribution is 5.92. The van der Waals surface area contributed by atoms with E-state index in [1.54, 1.807) is 19.2 Å². The van der Waals surface area contributed by atoms with Gasteiger partial charge in [-0.05, 0) is 18.1 Å². The van der Waals surface area contributed by atoms with Crippen LogP contribution in [-0.2, 0) is 4.79 Å². The SMILES string of the molecule is COc1ccccc1NC(=O)CC(O)C(C)C. The van der Waals surface area contributed by atoms with Gasteiger partial charge in [0.15, 0.2) is 0 Å². The van der Waals surface area contributed by atoms with Crippen LogP contribution in [-0.4, -0.2) is 24.2 Å². The normalized spacial score (nSPS) is 12.3. The number of amides is 1. The van der Waals surface area contributed by atoms with E-state index < -0.39 is 6.10 Å². The number of carbonyl (C=O) groups is 1. The topological polar surface area (TPSA) is 58.6 Å². The molecule has 0 aliphatic rings. The van der Waals surface area contributed by atoms with Crippen molar-refractivity contribution in [3.63, 3.8) is 0 Å². The maximum Gasteiger partial charge on any atom is 0.227 e. The van der Waals surface area contributed by atoms with Gasteiger partial charge in [-0.1, -0.05) is 26.0 Å². The molecule has 1 aromatic carbocycles. The summed E-state index contributed by atoms with van der Waals surface area (Å²) in [6.45, 7) is 3.75. The van der Waals surface area contributed by atoms with Crippen LogP contribution in [0.4, 0.5) is 5.69 Å². The number of hydrogen-bond donors (Lipinski definition) is 2. The summed E-state index contributed by atoms with van der Waals surface area (Å²) in [5.74, 6) is 0.467. The zero-order chi connectivity index (χ0) is 12.8. The quantitative estimate of drug-likeness (QED) is 0.824. The third-order valence-corrected chi connectivity index (χ3v) is 2.55. The first kappa shape index (κ1) is 13.5. The lowest BCUT2D eigenvalue weighted by Gasteiger charge is -2.15. The number of para-hydroxylation sites is 2. The van der Waals surface area contributed by atoms with E-state index in [-0.39, 0.29) is 18.2 Å². The number of rotatable bonds is 5. The molecule has 2 N–H and O–H groups in total. The second-order valence-electron chi connectivity index (χ2n) is 4.26. The van der Waals surface area contributed by atoms with Gasteiger partial charge in [-0.15, -0.1) is 0 Å². The van der Waals surface area contributed by atoms with Gasteiger partial charge in [-0.3, -0.25) is 4.79 Å². The summed E-state index contributed by atoms with van der Waals surface area (Å²) in [6, 6.07) is 7.18. The van der Waals surface area contributed by atoms with E-state index in [0.717, 1.165) is 0 Å². The lowest BCUT2D eigenvalue weighted by Crippen LogP contribution is -2.23. The van der Waals surface area contributed by atoms with Gasteiger partial charge < -0.3 is 15.2 Å². The van der Waals surface area contributed by atoms with Crippen molar-refractivity contribution in [2.45, 2.75) is 26.4 Å². The molecule has 0 aromatic heterocycles. The average molecular weight is 237 g/mol. The minimum Gasteiger partial charge on any atom is -0.495 e. The summed E-state index contributed by atoms with van der Waals surface area (Å²) in [7, 11) is 1.55. The lowest BCUT2D eigenvalue weighted by atomic mass is 10.0. The largest absolute Gasteiger partial charge is 0.495 e. The fourth-order valence-electron chi connectivity index (χ4n) is 1.37. The van der Waals surface area contributed by atoms with Crippen LogP contribution in [0.2, 0.25) is 0 Å². The number of aliphatic hydroxyl groups excluding tert-OH is 1. The summed E-state index contributed by atoms with van der Waals surface area (Å²) in [6.07, 6.45) is -0.528. The number of methoxy groups -OCH3 is 1. The fraction of sp³-hybridized carbons (Fsp3) is 0.462. The molecule has 0 fully saturated rings. The van der Waals surface area contributed by atoms with Gasteiger partial charge in [0.05, 0.1) is 25.3 Å². The second kappa shape index (κ2) is 6.25. The smallest absolute Gasteiger partial charge is 0.227 e. The monoisotopic (exact) mass is 237 g/mol. The van der Waals surface area contributed by atoms with E-state index in [1.807, 2.05) is 26.0 Å². The molecule has 17 heavy (non-hydrogen) atoms. The molecule has 1 amide bonds. The van der Waals surface area contributed by atoms with Crippen LogP contribution < -0.4 is 10.1 Å². The Morgan fingerprint density at radius 2 is 2.06 bits per heavy atom. The highest BCUT2D eigenvalue weighted by Gasteiger charge is 2.15. The van der Waals surface area contributed by atoms with Gasteiger partial charge in [0, 0.05) is 0 Å². The van der Waals surface area contributed by atoms with Gasteiger partial charge >= 0.3 is 0 Å². The number of carbonyl (C=O) groups excluding carboxylic acids is 1. The molecular formula is C13H19NO3. The lowest BCUT2D eigenvalue weighted by molar-refractivity contribution is -0.118. The molecule has 1 rings (SSSR count). The molecule has 4 heteroatoms. The van der Waals surface area contributed by atoms with E-state index in [4.69, 9.17) is 4.74 Å². The Hall–Kier alpha value is -1.55. The Kier molecular flexibility index (Phi) is 4.97. The zero-order valence-electron chi connectivity index (χ0n) is 10.4. The molecule has 0 spiro atoms. The van der Waals surface area contributed by atoms with Crippen LogP contribution in [0.5, 0.6) is 5.75 Å². The predicted molar refractivity (Wildman–Crippen MR) is 67.1 cm³/mol. The maximum atomic E-state index is 11.7. The minimum absolute atomic E-state index is 0.0680. The molecule has 0 saturated heterocycles. The summed E-state index contributed by atoms with van der Waals surface area (Å²) in [5.41, 5.74) is 0.621. The Bertz CT molecular complexity index is 377. The van der Waals surface area contributed by atoms with Crippen LogP contribution in [0.25, 0.3) is 0 Å². The second-order valence-corrected chi connectivity index (χ2v) is 4.26. The van der Waals surface area contributed by atoms with E-state index >= 15 is 0 Å². The van der Waals surface area contributed by atoms with Crippen molar-refractivity contribution in [3.8, 4) is 5.75 Å². The van der Waals surface area contributed by atoms with Crippen molar-refractivity contribution in [1.29, 1.82) is 0 Å². The van der Waals surface area contributed by atoms with Crippen molar-refractivity contribution < 1.29 is 14.6 Å². The summed E-state index contributed by atoms with van der Waals surface area (Å²) < 4.78 is 5.12. The van der Waals surface area contributed by atoms with Crippen molar-refractivity contribution in [3.05, 3.63) is 24.3 Å². The highest BCUT2D eigenvalue weighted by atomic mass is 16.5. The molecule has 1 atom stereocenters. The molecule has 0 saturated carbocycles. The van der Waals surface area contributed by atoms with Gasteiger partial charge in [-0.25, -0.2) is 0 Å². The van der Waals surface area contributed by atoms with E-state index in [2.05, 4.69) is 5.32 Å². The average Bonchev–Trinajstić information content (AvgIpc) is 2.29. The molecule has 94 valence electrons. The predicted octanol–water partition coefficient (Wildman–Crippen LogP) is 2.04. The van der Waals surface area contributed by atoms with Crippen molar-refractivity contribution >= 4 is 11.6 Å². The van der Waals surface area contributed by atoms with Gasteiger partial charge in [0.25, 0.3) is 0 Å². The fourth-order valence-corrected chi connectivity index (χ4v) is 1.37. The highest BCUT2D eigenvalue weighted by Crippen LogP contribution is 2.23. The number of nitrogens with one attached hydrogen (secondary N) is 1. The molecule has 0 radical (unpaired) electrons. The summed E-state index contributed by atoms with van der Waals surface area (Å²) in [4.78, 5) is 11.7. The first-order chi connectivity index (χ1) is 8.04. The van der Waals surface area contributed by atoms with Gasteiger partial charge in [0.1, 0.15) is 5.75 Å². The van der Waals surface area contributed by atoms with Crippen molar-refractivity contribution in [2.24, 2.45) is 5.92 Å². The van der Waals surface area contributed by atoms with Crippen molar-refractivity contribution in [1.82, 2.24) is 0 Å². The zero-order valence-corrected chi connectivity index (χ0v) is 10.4. The summed E-state index contributed by atoms with van der Waals surface area (Å²) >= 11 is 0. The van der Waals surface area contributed by atoms with Crippen molar-refractivity contribution in [2.75, 3.05) is 12.4 Å². The molecule has 0 heterocycles. The Morgan fingerprint density at radius 1 is 1.41 bits per heavy atom. The van der Waals surface area contributed by atoms with Crippen LogP contribution in [0, 0.1) is 5.92 Å². The third-order valence-electron chi connectivity index (χ3n) is 2.55. The molecule has 4 nitrogen and oxygen atoms in total. The Morgan fingerprint density at radius 3 is 2.65 bits per heavy atom. The first-order valence-electron chi connectivity index (χ1n) is 5.65. The number of benzene rings is 1. The Labute approximate surface area is 102 Å². The molecule has 1 unspecified atom stereocenters. The number of aliphatic hydroxyl groups is 1. The van der Waals surface area contributed by atoms with Crippen LogP contribution in [0.15, 0.2) is 24.3 Å². The molecule has 0 aliphatic carbocycles. The maximum absolute atomic E-state index is 11.7. The minimum atomic E-state index is -0.621. The molecular weight excluding hydrogens is 218 g/mol. The third kappa shape index (κ3) is 4.07. The van der Waals surface area contributed by atoms with E-state index in [0.29, 0.717) is 11.4 Å². The van der Waals surface area contributed by atoms with E-state index in [9.17, 15) is 9.90 Å². The van der Waals surface area contributed by atoms with E-state index in [1.165, 1.54) is 0 Å². The van der Waals surface area contributed by atoms with Crippen LogP contribution in [0.3, 0.4) is 0 Å². The number of anilines is 1. The van der Waals surface area contributed by atoms with Crippen LogP contribution >= 0.6 is 0 Å².